The maximum absolute atomic E-state index is 14.0. The molecule has 0 bridgehead atoms. The van der Waals surface area contributed by atoms with Crippen LogP contribution >= 0.6 is 0 Å². The number of benzene rings is 3. The first-order valence-corrected chi connectivity index (χ1v) is 15.8. The minimum atomic E-state index is -1.89. The second kappa shape index (κ2) is 16.6. The molecule has 0 aromatic heterocycles. The van der Waals surface area contributed by atoms with Crippen LogP contribution in [0.2, 0.25) is 0 Å². The van der Waals surface area contributed by atoms with Gasteiger partial charge in [0.15, 0.2) is 34.5 Å². The van der Waals surface area contributed by atoms with Crippen molar-refractivity contribution in [2.24, 2.45) is 11.8 Å². The second-order valence-electron chi connectivity index (χ2n) is 12.3. The van der Waals surface area contributed by atoms with Crippen molar-refractivity contribution in [1.29, 1.82) is 0 Å². The van der Waals surface area contributed by atoms with E-state index in [0.717, 1.165) is 30.3 Å². The van der Waals surface area contributed by atoms with Crippen molar-refractivity contribution in [3.8, 4) is 34.5 Å². The van der Waals surface area contributed by atoms with Gasteiger partial charge in [-0.15, -0.1) is 0 Å². The van der Waals surface area contributed by atoms with E-state index in [4.69, 9.17) is 9.47 Å². The molecule has 53 heavy (non-hydrogen) atoms. The number of allylic oxidation sites excluding steroid dienone is 3. The van der Waals surface area contributed by atoms with E-state index in [1.807, 2.05) is 0 Å². The third-order valence-electron chi connectivity index (χ3n) is 8.89. The minimum absolute atomic E-state index is 0. The number of carboxylic acids is 2. The zero-order chi connectivity index (χ0) is 37.9. The fourth-order valence-electron chi connectivity index (χ4n) is 6.36. The van der Waals surface area contributed by atoms with Gasteiger partial charge in [-0.2, -0.15) is 0 Å². The van der Waals surface area contributed by atoms with Gasteiger partial charge in [-0.05, 0) is 83.2 Å². The number of carboxylic acid groups (broad SMARTS) is 2. The molecule has 2 aliphatic carbocycles. The summed E-state index contributed by atoms with van der Waals surface area (Å²) in [6.07, 6.45) is -0.902. The number of hydrogen-bond donors (Lipinski definition) is 7. The zero-order valence-corrected chi connectivity index (χ0v) is 29.2. The Bertz CT molecular complexity index is 2020. The van der Waals surface area contributed by atoms with E-state index in [9.17, 15) is 65.1 Å². The van der Waals surface area contributed by atoms with Gasteiger partial charge >= 0.3 is 35.0 Å². The number of aliphatic hydroxyl groups is 1. The number of carbonyl (C=O) groups is 4. The minimum Gasteiger partial charge on any atom is -0.546 e. The average Bonchev–Trinajstić information content (AvgIpc) is 3.50. The number of esters is 2. The molecule has 0 fully saturated rings. The van der Waals surface area contributed by atoms with Gasteiger partial charge in [-0.1, -0.05) is 24.3 Å². The Kier molecular flexibility index (Phi) is 12.5. The maximum atomic E-state index is 14.0. The van der Waals surface area contributed by atoms with Crippen molar-refractivity contribution in [3.63, 3.8) is 0 Å². The molecule has 2 aliphatic rings. The van der Waals surface area contributed by atoms with Crippen LogP contribution < -0.4 is 10.2 Å². The SMILES string of the molecule is O=C(/C=C/C1CC=C(O)C2=C1[C@H](C(=O)O[C@H](Cc1ccc(O)c(O)c1)C(=O)[O-])[C@@H](c1ccc(O)c(O)c1)C2)O[C@@H](Cc1ccc(O)c(O)c1)C(=O)[O-].[Mg+2]. The van der Waals surface area contributed by atoms with Crippen LogP contribution in [-0.2, 0) is 41.5 Å². The van der Waals surface area contributed by atoms with Gasteiger partial charge in [-0.3, -0.25) is 4.79 Å². The van der Waals surface area contributed by atoms with Crippen LogP contribution in [0, 0.1) is 11.8 Å². The van der Waals surface area contributed by atoms with E-state index in [2.05, 4.69) is 0 Å². The molecule has 15 nitrogen and oxygen atoms in total. The summed E-state index contributed by atoms with van der Waals surface area (Å²) in [5.41, 5.74) is 1.20. The van der Waals surface area contributed by atoms with Crippen molar-refractivity contribution in [2.75, 3.05) is 0 Å². The first-order valence-electron chi connectivity index (χ1n) is 15.8. The molecular weight excluding hydrogens is 709 g/mol. The monoisotopic (exact) mass is 740 g/mol. The Morgan fingerprint density at radius 3 is 1.74 bits per heavy atom. The molecule has 0 radical (unpaired) electrons. The third-order valence-corrected chi connectivity index (χ3v) is 8.89. The van der Waals surface area contributed by atoms with E-state index in [0.29, 0.717) is 5.56 Å². The number of rotatable bonds is 12. The predicted molar refractivity (Wildman–Crippen MR) is 178 cm³/mol. The summed E-state index contributed by atoms with van der Waals surface area (Å²) in [5.74, 6) is -11.9. The van der Waals surface area contributed by atoms with Gasteiger partial charge in [0, 0.05) is 30.8 Å². The van der Waals surface area contributed by atoms with Crippen LogP contribution in [0.1, 0.15) is 35.4 Å². The number of aliphatic carboxylic acids is 2. The summed E-state index contributed by atoms with van der Waals surface area (Å²) in [7, 11) is 0. The van der Waals surface area contributed by atoms with E-state index in [-0.39, 0.29) is 63.9 Å². The van der Waals surface area contributed by atoms with E-state index in [1.165, 1.54) is 42.5 Å². The first-order chi connectivity index (χ1) is 24.6. The van der Waals surface area contributed by atoms with Crippen LogP contribution in [0.25, 0.3) is 0 Å². The van der Waals surface area contributed by atoms with Crippen LogP contribution in [0.15, 0.2) is 89.7 Å². The average molecular weight is 741 g/mol. The Morgan fingerprint density at radius 2 is 1.23 bits per heavy atom. The number of carbonyl (C=O) groups excluding carboxylic acids is 4. The van der Waals surface area contributed by atoms with Crippen LogP contribution in [0.4, 0.5) is 0 Å². The zero-order valence-electron chi connectivity index (χ0n) is 27.7. The molecule has 0 saturated heterocycles. The topological polar surface area (TPSA) is 274 Å². The molecule has 7 N–H and O–H groups in total. The number of ether oxygens (including phenoxy) is 2. The normalized spacial score (nSPS) is 19.0. The molecule has 3 aromatic carbocycles. The predicted octanol–water partition coefficient (Wildman–Crippen LogP) is 0.766. The summed E-state index contributed by atoms with van der Waals surface area (Å²) < 4.78 is 10.6. The number of phenolic OH excluding ortho intramolecular Hbond substituents is 6. The van der Waals surface area contributed by atoms with E-state index >= 15 is 0 Å². The van der Waals surface area contributed by atoms with Crippen molar-refractivity contribution in [2.45, 2.75) is 43.8 Å². The first kappa shape index (κ1) is 39.9. The standard InChI is InChI=1S/C37H34O15.Mg/c38-23-8-3-19(5-10-32(45)51-30(35(46)47)13-17-1-6-24(39)27(42)11-17)33-22(23)16-21(20-4-9-26(41)29(44)15-20)34(33)37(50)52-31(36(48)49)14-18-2-7-25(40)28(43)12-18;/h1-2,4-12,15,19,21,30-31,34,38-44H,3,13-14,16H2,(H,46,47)(H,48,49);/q;+2/p-2/b10-5+;/t19?,21-,30+,31-,34-;/m1./s1. The smallest absolute Gasteiger partial charge is 0.546 e. The molecule has 0 aliphatic heterocycles. The second-order valence-corrected chi connectivity index (χ2v) is 12.3. The van der Waals surface area contributed by atoms with Crippen molar-refractivity contribution < 1.29 is 74.6 Å². The van der Waals surface area contributed by atoms with Crippen LogP contribution in [0.3, 0.4) is 0 Å². The van der Waals surface area contributed by atoms with Gasteiger partial charge in [0.2, 0.25) is 0 Å². The van der Waals surface area contributed by atoms with Gasteiger partial charge < -0.3 is 65.0 Å². The third kappa shape index (κ3) is 9.14. The summed E-state index contributed by atoms with van der Waals surface area (Å²) in [5, 5.41) is 93.7. The van der Waals surface area contributed by atoms with Crippen molar-refractivity contribution >= 4 is 46.9 Å². The van der Waals surface area contributed by atoms with Gasteiger partial charge in [0.1, 0.15) is 18.0 Å². The molecule has 16 heteroatoms. The largest absolute Gasteiger partial charge is 2.00 e. The summed E-state index contributed by atoms with van der Waals surface area (Å²) in [6, 6.07) is 10.8. The fraction of sp³-hybridized carbons (Fsp3) is 0.243. The summed E-state index contributed by atoms with van der Waals surface area (Å²) in [4.78, 5) is 50.8. The van der Waals surface area contributed by atoms with Crippen molar-refractivity contribution in [1.82, 2.24) is 0 Å². The fourth-order valence-corrected chi connectivity index (χ4v) is 6.36. The number of phenols is 6. The molecule has 5 atom stereocenters. The number of aromatic hydroxyl groups is 6. The molecule has 272 valence electrons. The molecule has 0 saturated carbocycles. The maximum Gasteiger partial charge on any atom is 2.00 e. The molecule has 0 heterocycles. The van der Waals surface area contributed by atoms with Gasteiger partial charge in [0.25, 0.3) is 0 Å². The van der Waals surface area contributed by atoms with Gasteiger partial charge in [0.05, 0.1) is 17.9 Å². The van der Waals surface area contributed by atoms with E-state index in [1.54, 1.807) is 0 Å². The molecule has 0 amide bonds. The Balaban J connectivity index is 0.00000627. The van der Waals surface area contributed by atoms with E-state index < -0.39 is 101 Å². The summed E-state index contributed by atoms with van der Waals surface area (Å²) >= 11 is 0. The molecule has 3 aromatic rings. The van der Waals surface area contributed by atoms with Gasteiger partial charge in [-0.25, -0.2) is 4.79 Å². The number of hydrogen-bond acceptors (Lipinski definition) is 15. The number of aliphatic hydroxyl groups excluding tert-OH is 1. The molecule has 0 spiro atoms. The van der Waals surface area contributed by atoms with Crippen LogP contribution in [0.5, 0.6) is 34.5 Å². The Labute approximate surface area is 317 Å². The van der Waals surface area contributed by atoms with Crippen molar-refractivity contribution in [3.05, 3.63) is 106 Å². The molecular formula is C37H32MgO15. The summed E-state index contributed by atoms with van der Waals surface area (Å²) in [6.45, 7) is 0. The Hall–Kier alpha value is -5.87. The molecule has 1 unspecified atom stereocenters. The quantitative estimate of drug-likeness (QED) is 0.0585. The van der Waals surface area contributed by atoms with Crippen LogP contribution in [-0.4, -0.2) is 94.9 Å². The molecule has 5 rings (SSSR count). The Morgan fingerprint density at radius 1 is 0.717 bits per heavy atom.